The molecule has 1 heterocycles. The van der Waals surface area contributed by atoms with Gasteiger partial charge in [-0.2, -0.15) is 0 Å². The van der Waals surface area contributed by atoms with Gasteiger partial charge in [0.2, 0.25) is 11.8 Å². The molecule has 8 rings (SSSR count). The standard InChI is InChI=1S/C54H53N5O4/c1-41-28-30-42(31-29-41)35-58(37-50(60)55-39-53(32-17-33-53)44-20-9-3-10-21-44)51(61)49(57-52(62)63-38-43-18-7-2-8-19-43)34-48-36-59(40-56-48)54(45-22-11-4-12-23-45,46-24-13-5-14-25-46)47-26-15-6-16-27-47/h2-16,18-31,36,40,49H,17,32-35,37-39H2,1H3,(H,55,60)(H,57,62). The number of nitrogens with one attached hydrogen (secondary N) is 2. The van der Waals surface area contributed by atoms with Crippen LogP contribution in [-0.2, 0) is 44.9 Å². The number of alkyl carbamates (subject to hydrolysis) is 1. The van der Waals surface area contributed by atoms with Crippen molar-refractivity contribution in [2.75, 3.05) is 13.1 Å². The van der Waals surface area contributed by atoms with Crippen LogP contribution in [0.2, 0.25) is 0 Å². The van der Waals surface area contributed by atoms with E-state index >= 15 is 4.79 Å². The molecule has 1 unspecified atom stereocenters. The molecule has 0 saturated heterocycles. The van der Waals surface area contributed by atoms with Gasteiger partial charge in [-0.25, -0.2) is 9.78 Å². The van der Waals surface area contributed by atoms with Gasteiger partial charge in [-0.05, 0) is 53.1 Å². The molecule has 0 spiro atoms. The van der Waals surface area contributed by atoms with Gasteiger partial charge in [0, 0.05) is 31.1 Å². The van der Waals surface area contributed by atoms with Gasteiger partial charge in [0.25, 0.3) is 0 Å². The van der Waals surface area contributed by atoms with Crippen LogP contribution in [0, 0.1) is 6.92 Å². The van der Waals surface area contributed by atoms with Gasteiger partial charge in [0.1, 0.15) is 18.2 Å². The average molecular weight is 836 g/mol. The zero-order valence-electron chi connectivity index (χ0n) is 35.6. The quantitative estimate of drug-likeness (QED) is 0.0891. The number of aromatic nitrogens is 2. The monoisotopic (exact) mass is 835 g/mol. The van der Waals surface area contributed by atoms with Crippen molar-refractivity contribution in [1.29, 1.82) is 0 Å². The van der Waals surface area contributed by atoms with Crippen molar-refractivity contribution < 1.29 is 19.1 Å². The minimum absolute atomic E-state index is 0.0224. The number of hydrogen-bond donors (Lipinski definition) is 2. The molecular weight excluding hydrogens is 783 g/mol. The van der Waals surface area contributed by atoms with Gasteiger partial charge in [-0.1, -0.05) is 188 Å². The van der Waals surface area contributed by atoms with Crippen molar-refractivity contribution in [2.24, 2.45) is 0 Å². The number of carbonyl (C=O) groups excluding carboxylic acids is 3. The highest BCUT2D eigenvalue weighted by Crippen LogP contribution is 2.43. The SMILES string of the molecule is Cc1ccc(CN(CC(=O)NCC2(c3ccccc3)CCC2)C(=O)C(Cc2cn(C(c3ccccc3)(c3ccccc3)c3ccccc3)cn2)NC(=O)OCc2ccccc2)cc1. The second-order valence-electron chi connectivity index (χ2n) is 16.5. The maximum atomic E-state index is 15.1. The number of hydrogen-bond acceptors (Lipinski definition) is 5. The number of nitrogens with zero attached hydrogens (tertiary/aromatic N) is 3. The van der Waals surface area contributed by atoms with Crippen LogP contribution in [0.3, 0.4) is 0 Å². The summed E-state index contributed by atoms with van der Waals surface area (Å²) in [5.41, 5.74) is 6.62. The van der Waals surface area contributed by atoms with E-state index in [1.807, 2.05) is 141 Å². The van der Waals surface area contributed by atoms with Crippen LogP contribution in [0.1, 0.15) is 63.9 Å². The minimum Gasteiger partial charge on any atom is -0.445 e. The van der Waals surface area contributed by atoms with E-state index in [2.05, 4.69) is 63.7 Å². The molecule has 0 aliphatic heterocycles. The fourth-order valence-corrected chi connectivity index (χ4v) is 8.76. The second-order valence-corrected chi connectivity index (χ2v) is 16.5. The Hall–Kier alpha value is -7.26. The van der Waals surface area contributed by atoms with E-state index in [1.54, 1.807) is 6.33 Å². The van der Waals surface area contributed by atoms with Crippen LogP contribution in [-0.4, -0.2) is 51.5 Å². The second kappa shape index (κ2) is 19.6. The Morgan fingerprint density at radius 3 is 1.79 bits per heavy atom. The Morgan fingerprint density at radius 2 is 1.25 bits per heavy atom. The van der Waals surface area contributed by atoms with E-state index < -0.39 is 23.6 Å². The van der Waals surface area contributed by atoms with E-state index in [0.717, 1.165) is 52.6 Å². The molecule has 1 saturated carbocycles. The summed E-state index contributed by atoms with van der Waals surface area (Å²) in [7, 11) is 0. The summed E-state index contributed by atoms with van der Waals surface area (Å²) in [4.78, 5) is 49.1. The third-order valence-corrected chi connectivity index (χ3v) is 12.3. The molecule has 1 atom stereocenters. The Balaban J connectivity index is 1.12. The average Bonchev–Trinajstić information content (AvgIpc) is 3.78. The minimum atomic E-state index is -1.13. The van der Waals surface area contributed by atoms with E-state index in [1.165, 1.54) is 10.5 Å². The van der Waals surface area contributed by atoms with E-state index in [9.17, 15) is 9.59 Å². The van der Waals surface area contributed by atoms with Gasteiger partial charge in [-0.15, -0.1) is 0 Å². The van der Waals surface area contributed by atoms with Gasteiger partial charge in [0.15, 0.2) is 0 Å². The van der Waals surface area contributed by atoms with Gasteiger partial charge in [0.05, 0.1) is 18.6 Å². The molecule has 0 radical (unpaired) electrons. The largest absolute Gasteiger partial charge is 0.445 e. The molecule has 63 heavy (non-hydrogen) atoms. The van der Waals surface area contributed by atoms with Crippen molar-refractivity contribution in [1.82, 2.24) is 25.1 Å². The van der Waals surface area contributed by atoms with Gasteiger partial charge < -0.3 is 24.8 Å². The third-order valence-electron chi connectivity index (χ3n) is 12.3. The Bertz CT molecular complexity index is 2470. The fraction of sp³-hybridized carbons (Fsp3) is 0.222. The van der Waals surface area contributed by atoms with Gasteiger partial charge in [-0.3, -0.25) is 9.59 Å². The maximum absolute atomic E-state index is 15.1. The molecule has 318 valence electrons. The smallest absolute Gasteiger partial charge is 0.408 e. The van der Waals surface area contributed by atoms with Crippen LogP contribution in [0.5, 0.6) is 0 Å². The number of amides is 3. The number of aryl methyl sites for hydroxylation is 1. The molecule has 3 amide bonds. The lowest BCUT2D eigenvalue weighted by Crippen LogP contribution is -2.53. The Kier molecular flexibility index (Phi) is 13.2. The molecule has 9 heteroatoms. The number of imidazole rings is 1. The van der Waals surface area contributed by atoms with Crippen LogP contribution < -0.4 is 10.6 Å². The van der Waals surface area contributed by atoms with E-state index in [4.69, 9.17) is 9.72 Å². The van der Waals surface area contributed by atoms with Crippen molar-refractivity contribution in [3.05, 3.63) is 233 Å². The summed E-state index contributed by atoms with van der Waals surface area (Å²) in [6.07, 6.45) is 6.07. The molecule has 1 aromatic heterocycles. The molecular formula is C54H53N5O4. The summed E-state index contributed by atoms with van der Waals surface area (Å²) in [5.74, 6) is -0.704. The van der Waals surface area contributed by atoms with Crippen LogP contribution in [0.15, 0.2) is 188 Å². The van der Waals surface area contributed by atoms with E-state index in [-0.39, 0.29) is 37.4 Å². The predicted octanol–water partition coefficient (Wildman–Crippen LogP) is 9.14. The molecule has 1 aliphatic carbocycles. The van der Waals surface area contributed by atoms with Crippen molar-refractivity contribution in [3.63, 3.8) is 0 Å². The van der Waals surface area contributed by atoms with E-state index in [0.29, 0.717) is 12.2 Å². The topological polar surface area (TPSA) is 106 Å². The Morgan fingerprint density at radius 1 is 0.714 bits per heavy atom. The number of ether oxygens (including phenoxy) is 1. The molecule has 0 bridgehead atoms. The highest BCUT2D eigenvalue weighted by Gasteiger charge is 2.40. The predicted molar refractivity (Wildman–Crippen MR) is 246 cm³/mol. The zero-order valence-corrected chi connectivity index (χ0v) is 35.6. The lowest BCUT2D eigenvalue weighted by atomic mass is 9.64. The molecule has 9 nitrogen and oxygen atoms in total. The number of carbonyl (C=O) groups is 3. The van der Waals surface area contributed by atoms with Crippen LogP contribution >= 0.6 is 0 Å². The van der Waals surface area contributed by atoms with Crippen LogP contribution in [0.25, 0.3) is 0 Å². The third kappa shape index (κ3) is 9.79. The van der Waals surface area contributed by atoms with Gasteiger partial charge >= 0.3 is 6.09 Å². The number of rotatable bonds is 17. The molecule has 6 aromatic carbocycles. The first-order valence-electron chi connectivity index (χ1n) is 21.7. The first-order valence-corrected chi connectivity index (χ1v) is 21.7. The summed E-state index contributed by atoms with van der Waals surface area (Å²) in [5, 5.41) is 6.07. The maximum Gasteiger partial charge on any atom is 0.408 e. The molecule has 2 N–H and O–H groups in total. The normalized spacial score (nSPS) is 13.5. The molecule has 7 aromatic rings. The molecule has 1 aliphatic rings. The summed E-state index contributed by atoms with van der Waals surface area (Å²) < 4.78 is 7.76. The lowest BCUT2D eigenvalue weighted by Gasteiger charge is -2.42. The summed E-state index contributed by atoms with van der Waals surface area (Å²) >= 11 is 0. The lowest BCUT2D eigenvalue weighted by molar-refractivity contribution is -0.138. The first-order chi connectivity index (χ1) is 30.8. The highest BCUT2D eigenvalue weighted by molar-refractivity contribution is 5.90. The van der Waals surface area contributed by atoms with Crippen molar-refractivity contribution in [3.8, 4) is 0 Å². The number of benzene rings is 6. The van der Waals surface area contributed by atoms with Crippen molar-refractivity contribution >= 4 is 17.9 Å². The first kappa shape index (κ1) is 42.4. The van der Waals surface area contributed by atoms with Crippen LogP contribution in [0.4, 0.5) is 4.79 Å². The Labute approximate surface area is 369 Å². The molecule has 1 fully saturated rings. The van der Waals surface area contributed by atoms with Crippen molar-refractivity contribution in [2.45, 2.75) is 62.8 Å². The zero-order chi connectivity index (χ0) is 43.5. The summed E-state index contributed by atoms with van der Waals surface area (Å²) in [6, 6.07) is 57.3. The fourth-order valence-electron chi connectivity index (χ4n) is 8.76. The summed E-state index contributed by atoms with van der Waals surface area (Å²) in [6.45, 7) is 2.45. The highest BCUT2D eigenvalue weighted by atomic mass is 16.5.